The zero-order chi connectivity index (χ0) is 12.5. The third-order valence-corrected chi connectivity index (χ3v) is 3.22. The predicted molar refractivity (Wildman–Crippen MR) is 63.6 cm³/mol. The van der Waals surface area contributed by atoms with Crippen molar-refractivity contribution >= 4 is 11.9 Å². The summed E-state index contributed by atoms with van der Waals surface area (Å²) in [5.74, 6) is 0.433. The van der Waals surface area contributed by atoms with Crippen molar-refractivity contribution in [1.82, 2.24) is 15.2 Å². The first-order chi connectivity index (χ1) is 8.04. The van der Waals surface area contributed by atoms with E-state index in [9.17, 15) is 9.90 Å². The van der Waals surface area contributed by atoms with Crippen molar-refractivity contribution < 1.29 is 9.90 Å². The fourth-order valence-corrected chi connectivity index (χ4v) is 2.15. The van der Waals surface area contributed by atoms with Gasteiger partial charge in [0.15, 0.2) is 0 Å². The Morgan fingerprint density at radius 3 is 3.00 bits per heavy atom. The van der Waals surface area contributed by atoms with Crippen LogP contribution in [0.3, 0.4) is 0 Å². The van der Waals surface area contributed by atoms with Crippen LogP contribution in [-0.2, 0) is 5.54 Å². The zero-order valence-corrected chi connectivity index (χ0v) is 9.68. The van der Waals surface area contributed by atoms with E-state index in [4.69, 9.17) is 5.73 Å². The number of anilines is 1. The van der Waals surface area contributed by atoms with Gasteiger partial charge in [0.1, 0.15) is 5.82 Å². The molecule has 0 radical (unpaired) electrons. The number of nitrogens with one attached hydrogen (secondary N) is 1. The Bertz CT molecular complexity index is 420. The predicted octanol–water partition coefficient (Wildman–Crippen LogP) is 0.462. The molecule has 6 nitrogen and oxygen atoms in total. The van der Waals surface area contributed by atoms with Gasteiger partial charge in [0.25, 0.3) is 0 Å². The van der Waals surface area contributed by atoms with E-state index in [2.05, 4.69) is 10.3 Å². The smallest absolute Gasteiger partial charge is 0.408 e. The molecule has 17 heavy (non-hydrogen) atoms. The third-order valence-electron chi connectivity index (χ3n) is 3.22. The topological polar surface area (TPSA) is 91.5 Å². The second kappa shape index (κ2) is 4.21. The highest BCUT2D eigenvalue weighted by Gasteiger charge is 2.39. The van der Waals surface area contributed by atoms with Crippen molar-refractivity contribution in [3.05, 3.63) is 23.9 Å². The normalized spacial score (nSPS) is 24.6. The summed E-state index contributed by atoms with van der Waals surface area (Å²) >= 11 is 0. The Morgan fingerprint density at radius 2 is 2.41 bits per heavy atom. The van der Waals surface area contributed by atoms with Crippen molar-refractivity contribution in [3.63, 3.8) is 0 Å². The summed E-state index contributed by atoms with van der Waals surface area (Å²) in [7, 11) is 0. The number of hydrogen-bond acceptors (Lipinski definition) is 4. The Morgan fingerprint density at radius 1 is 1.65 bits per heavy atom. The number of rotatable bonds is 1. The van der Waals surface area contributed by atoms with Gasteiger partial charge in [-0.05, 0) is 18.6 Å². The first-order valence-corrected chi connectivity index (χ1v) is 5.47. The number of nitrogens with zero attached hydrogens (tertiary/aromatic N) is 2. The van der Waals surface area contributed by atoms with Crippen LogP contribution < -0.4 is 11.1 Å². The van der Waals surface area contributed by atoms with Crippen LogP contribution >= 0.6 is 0 Å². The molecule has 4 N–H and O–H groups in total. The lowest BCUT2D eigenvalue weighted by molar-refractivity contribution is 0.0650. The molecule has 0 aliphatic carbocycles. The molecule has 1 aliphatic heterocycles. The summed E-state index contributed by atoms with van der Waals surface area (Å²) in [5.41, 5.74) is 5.79. The van der Waals surface area contributed by atoms with Gasteiger partial charge in [-0.25, -0.2) is 9.78 Å². The standard InChI is InChI=1S/C11H16N4O2/c1-11(8-2-3-9(12)14-6-8)7-13-4-5-15(11)10(16)17/h2-3,6,13H,4-5,7H2,1H3,(H2,12,14)(H,16,17). The zero-order valence-electron chi connectivity index (χ0n) is 9.68. The number of aromatic nitrogens is 1. The second-order valence-electron chi connectivity index (χ2n) is 4.36. The number of nitrogens with two attached hydrogens (primary N) is 1. The van der Waals surface area contributed by atoms with Gasteiger partial charge in [0, 0.05) is 25.8 Å². The number of pyridine rings is 1. The fraction of sp³-hybridized carbons (Fsp3) is 0.455. The van der Waals surface area contributed by atoms with Crippen LogP contribution in [-0.4, -0.2) is 40.7 Å². The summed E-state index contributed by atoms with van der Waals surface area (Å²) in [6, 6.07) is 3.51. The van der Waals surface area contributed by atoms with Gasteiger partial charge in [0.2, 0.25) is 0 Å². The van der Waals surface area contributed by atoms with Crippen LogP contribution in [0.4, 0.5) is 10.6 Å². The van der Waals surface area contributed by atoms with E-state index in [0.29, 0.717) is 25.5 Å². The molecule has 0 aromatic carbocycles. The molecule has 1 fully saturated rings. The summed E-state index contributed by atoms with van der Waals surface area (Å²) in [6.07, 6.45) is 0.726. The number of hydrogen-bond donors (Lipinski definition) is 3. The molecular weight excluding hydrogens is 220 g/mol. The highest BCUT2D eigenvalue weighted by Crippen LogP contribution is 2.29. The minimum Gasteiger partial charge on any atom is -0.465 e. The van der Waals surface area contributed by atoms with Crippen molar-refractivity contribution in [3.8, 4) is 0 Å². The Labute approximate surface area is 99.4 Å². The van der Waals surface area contributed by atoms with E-state index in [1.54, 1.807) is 12.3 Å². The number of carboxylic acid groups (broad SMARTS) is 1. The van der Waals surface area contributed by atoms with Crippen LogP contribution in [0.25, 0.3) is 0 Å². The Hall–Kier alpha value is -1.82. The van der Waals surface area contributed by atoms with Gasteiger partial charge in [-0.1, -0.05) is 6.07 Å². The van der Waals surface area contributed by atoms with Crippen LogP contribution in [0.2, 0.25) is 0 Å². The Kier molecular flexibility index (Phi) is 2.89. The van der Waals surface area contributed by atoms with E-state index in [1.807, 2.05) is 13.0 Å². The molecule has 1 aromatic heterocycles. The largest absolute Gasteiger partial charge is 0.465 e. The van der Waals surface area contributed by atoms with E-state index < -0.39 is 11.6 Å². The van der Waals surface area contributed by atoms with Crippen LogP contribution in [0.15, 0.2) is 18.3 Å². The highest BCUT2D eigenvalue weighted by molar-refractivity contribution is 5.67. The SMILES string of the molecule is CC1(c2ccc(N)nc2)CNCCN1C(=O)O. The van der Waals surface area contributed by atoms with E-state index in [1.165, 1.54) is 4.90 Å². The van der Waals surface area contributed by atoms with Gasteiger partial charge in [-0.2, -0.15) is 0 Å². The molecule has 0 spiro atoms. The minimum atomic E-state index is -0.911. The van der Waals surface area contributed by atoms with E-state index in [0.717, 1.165) is 5.56 Å². The third kappa shape index (κ3) is 2.03. The van der Waals surface area contributed by atoms with Gasteiger partial charge in [0.05, 0.1) is 5.54 Å². The minimum absolute atomic E-state index is 0.433. The Balaban J connectivity index is 2.37. The number of carbonyl (C=O) groups is 1. The van der Waals surface area contributed by atoms with Crippen LogP contribution in [0.1, 0.15) is 12.5 Å². The highest BCUT2D eigenvalue weighted by atomic mass is 16.4. The van der Waals surface area contributed by atoms with Crippen molar-refractivity contribution in [2.75, 3.05) is 25.4 Å². The molecule has 0 saturated carbocycles. The average Bonchev–Trinajstić information content (AvgIpc) is 2.29. The molecule has 1 saturated heterocycles. The number of nitrogen functional groups attached to an aromatic ring is 1. The lowest BCUT2D eigenvalue weighted by Gasteiger charge is -2.43. The molecule has 92 valence electrons. The summed E-state index contributed by atoms with van der Waals surface area (Å²) < 4.78 is 0. The number of piperazine rings is 1. The lowest BCUT2D eigenvalue weighted by Crippen LogP contribution is -2.59. The summed E-state index contributed by atoms with van der Waals surface area (Å²) in [6.45, 7) is 3.60. The van der Waals surface area contributed by atoms with Crippen molar-refractivity contribution in [1.29, 1.82) is 0 Å². The fourth-order valence-electron chi connectivity index (χ4n) is 2.15. The number of amides is 1. The maximum absolute atomic E-state index is 11.3. The summed E-state index contributed by atoms with van der Waals surface area (Å²) in [4.78, 5) is 16.7. The summed E-state index contributed by atoms with van der Waals surface area (Å²) in [5, 5.41) is 12.5. The van der Waals surface area contributed by atoms with E-state index >= 15 is 0 Å². The van der Waals surface area contributed by atoms with Gasteiger partial charge < -0.3 is 16.2 Å². The molecular formula is C11H16N4O2. The van der Waals surface area contributed by atoms with E-state index in [-0.39, 0.29) is 0 Å². The quantitative estimate of drug-likeness (QED) is 0.659. The molecule has 2 rings (SSSR count). The first-order valence-electron chi connectivity index (χ1n) is 5.47. The molecule has 0 bridgehead atoms. The molecule has 6 heteroatoms. The molecule has 2 heterocycles. The second-order valence-corrected chi connectivity index (χ2v) is 4.36. The van der Waals surface area contributed by atoms with Crippen molar-refractivity contribution in [2.45, 2.75) is 12.5 Å². The first kappa shape index (κ1) is 11.7. The molecule has 1 amide bonds. The van der Waals surface area contributed by atoms with Gasteiger partial charge in [-0.15, -0.1) is 0 Å². The maximum Gasteiger partial charge on any atom is 0.408 e. The molecule has 1 unspecified atom stereocenters. The van der Waals surface area contributed by atoms with Gasteiger partial charge >= 0.3 is 6.09 Å². The van der Waals surface area contributed by atoms with Crippen LogP contribution in [0.5, 0.6) is 0 Å². The average molecular weight is 236 g/mol. The maximum atomic E-state index is 11.3. The monoisotopic (exact) mass is 236 g/mol. The van der Waals surface area contributed by atoms with Gasteiger partial charge in [-0.3, -0.25) is 4.90 Å². The molecule has 1 aliphatic rings. The lowest BCUT2D eigenvalue weighted by atomic mass is 9.90. The molecule has 1 aromatic rings. The van der Waals surface area contributed by atoms with Crippen LogP contribution in [0, 0.1) is 0 Å². The molecule has 1 atom stereocenters. The van der Waals surface area contributed by atoms with Crippen molar-refractivity contribution in [2.24, 2.45) is 0 Å².